The highest BCUT2D eigenvalue weighted by Gasteiger charge is 2.20. The second-order valence-electron chi connectivity index (χ2n) is 5.56. The van der Waals surface area contributed by atoms with Crippen LogP contribution in [0, 0.1) is 5.92 Å². The molecule has 1 aromatic rings. The third-order valence-electron chi connectivity index (χ3n) is 3.53. The molecule has 0 bridgehead atoms. The van der Waals surface area contributed by atoms with Crippen molar-refractivity contribution in [1.82, 2.24) is 4.90 Å². The number of nitrogens with two attached hydrogens (primary N) is 1. The lowest BCUT2D eigenvalue weighted by molar-refractivity contribution is 0.0992. The van der Waals surface area contributed by atoms with E-state index >= 15 is 0 Å². The number of thiocarbonyl (C=S) groups is 1. The van der Waals surface area contributed by atoms with Gasteiger partial charge in [-0.25, -0.2) is 0 Å². The van der Waals surface area contributed by atoms with E-state index in [1.54, 1.807) is 0 Å². The number of hydrogen-bond donors (Lipinski definition) is 1. The molecule has 0 radical (unpaired) electrons. The number of benzene rings is 1. The van der Waals surface area contributed by atoms with Crippen LogP contribution in [0.25, 0.3) is 0 Å². The summed E-state index contributed by atoms with van der Waals surface area (Å²) in [4.78, 5) is 2.61. The van der Waals surface area contributed by atoms with Crippen LogP contribution < -0.4 is 10.5 Å². The Morgan fingerprint density at radius 3 is 2.81 bits per heavy atom. The molecule has 0 spiro atoms. The molecule has 0 amide bonds. The van der Waals surface area contributed by atoms with E-state index in [4.69, 9.17) is 27.4 Å². The molecule has 116 valence electrons. The molecular formula is C16H24N2O2S. The average Bonchev–Trinajstić information content (AvgIpc) is 3.28. The van der Waals surface area contributed by atoms with Gasteiger partial charge in [-0.15, -0.1) is 0 Å². The molecule has 4 nitrogen and oxygen atoms in total. The molecule has 0 atom stereocenters. The van der Waals surface area contributed by atoms with Gasteiger partial charge in [-0.1, -0.05) is 24.4 Å². The number of nitrogens with zero attached hydrogens (tertiary/aromatic N) is 1. The summed E-state index contributed by atoms with van der Waals surface area (Å²) in [5, 5.41) is 0. The molecule has 0 aliphatic heterocycles. The van der Waals surface area contributed by atoms with Crippen molar-refractivity contribution in [2.45, 2.75) is 12.8 Å². The van der Waals surface area contributed by atoms with Crippen LogP contribution in [-0.4, -0.2) is 49.8 Å². The Morgan fingerprint density at radius 2 is 2.10 bits per heavy atom. The first-order chi connectivity index (χ1) is 10.1. The highest BCUT2D eigenvalue weighted by molar-refractivity contribution is 7.80. The highest BCUT2D eigenvalue weighted by atomic mass is 32.1. The van der Waals surface area contributed by atoms with Crippen LogP contribution in [0.5, 0.6) is 5.75 Å². The first kappa shape index (κ1) is 16.2. The summed E-state index contributed by atoms with van der Waals surface area (Å²) in [6, 6.07) is 7.58. The SMILES string of the molecule is CN(CCOCC1CC1)CCOc1cccc(C(N)=S)c1. The van der Waals surface area contributed by atoms with Gasteiger partial charge >= 0.3 is 0 Å². The monoisotopic (exact) mass is 308 g/mol. The molecule has 0 saturated heterocycles. The molecule has 21 heavy (non-hydrogen) atoms. The van der Waals surface area contributed by atoms with Crippen LogP contribution in [0.3, 0.4) is 0 Å². The topological polar surface area (TPSA) is 47.7 Å². The van der Waals surface area contributed by atoms with Crippen molar-refractivity contribution < 1.29 is 9.47 Å². The summed E-state index contributed by atoms with van der Waals surface area (Å²) in [5.41, 5.74) is 6.44. The predicted molar refractivity (Wildman–Crippen MR) is 88.9 cm³/mol. The zero-order chi connectivity index (χ0) is 15.1. The molecule has 1 aliphatic rings. The fourth-order valence-corrected chi connectivity index (χ4v) is 2.05. The fourth-order valence-electron chi connectivity index (χ4n) is 1.93. The lowest BCUT2D eigenvalue weighted by Crippen LogP contribution is -2.28. The van der Waals surface area contributed by atoms with Crippen LogP contribution in [0.4, 0.5) is 0 Å². The molecule has 1 aromatic carbocycles. The molecule has 1 fully saturated rings. The van der Waals surface area contributed by atoms with Gasteiger partial charge in [-0.05, 0) is 37.9 Å². The normalized spacial score (nSPS) is 14.4. The van der Waals surface area contributed by atoms with E-state index < -0.39 is 0 Å². The van der Waals surface area contributed by atoms with Gasteiger partial charge in [0.1, 0.15) is 17.3 Å². The van der Waals surface area contributed by atoms with Crippen LogP contribution in [0.2, 0.25) is 0 Å². The minimum atomic E-state index is 0.394. The van der Waals surface area contributed by atoms with Gasteiger partial charge in [0.25, 0.3) is 0 Å². The van der Waals surface area contributed by atoms with E-state index in [0.717, 1.165) is 43.5 Å². The maximum atomic E-state index is 5.72. The minimum absolute atomic E-state index is 0.394. The van der Waals surface area contributed by atoms with E-state index in [1.807, 2.05) is 24.3 Å². The Kier molecular flexibility index (Phi) is 6.42. The summed E-state index contributed by atoms with van der Waals surface area (Å²) in [6.45, 7) is 4.16. The van der Waals surface area contributed by atoms with Crippen LogP contribution >= 0.6 is 12.2 Å². The Labute approximate surface area is 132 Å². The Hall–Kier alpha value is -1.17. The van der Waals surface area contributed by atoms with Crippen molar-refractivity contribution >= 4 is 17.2 Å². The molecule has 2 N–H and O–H groups in total. The van der Waals surface area contributed by atoms with E-state index in [2.05, 4.69) is 11.9 Å². The van der Waals surface area contributed by atoms with Crippen molar-refractivity contribution in [3.05, 3.63) is 29.8 Å². The Balaban J connectivity index is 1.59. The maximum Gasteiger partial charge on any atom is 0.120 e. The van der Waals surface area contributed by atoms with Gasteiger partial charge in [0.15, 0.2) is 0 Å². The van der Waals surface area contributed by atoms with Gasteiger partial charge in [0, 0.05) is 25.3 Å². The zero-order valence-electron chi connectivity index (χ0n) is 12.6. The number of likely N-dealkylation sites (N-methyl/N-ethyl adjacent to an activating group) is 1. The van der Waals surface area contributed by atoms with Crippen molar-refractivity contribution in [3.8, 4) is 5.75 Å². The first-order valence-electron chi connectivity index (χ1n) is 7.44. The van der Waals surface area contributed by atoms with Crippen molar-refractivity contribution in [2.75, 3.05) is 40.0 Å². The van der Waals surface area contributed by atoms with Crippen molar-refractivity contribution in [3.63, 3.8) is 0 Å². The Bertz CT molecular complexity index is 463. The summed E-state index contributed by atoms with van der Waals surface area (Å²) in [5.74, 6) is 1.64. The molecule has 1 saturated carbocycles. The second kappa shape index (κ2) is 8.32. The fraction of sp³-hybridized carbons (Fsp3) is 0.562. The number of hydrogen-bond acceptors (Lipinski definition) is 4. The largest absolute Gasteiger partial charge is 0.492 e. The Morgan fingerprint density at radius 1 is 1.33 bits per heavy atom. The molecule has 0 aromatic heterocycles. The lowest BCUT2D eigenvalue weighted by atomic mass is 10.2. The summed E-state index contributed by atoms with van der Waals surface area (Å²) in [6.07, 6.45) is 2.68. The quantitative estimate of drug-likeness (QED) is 0.529. The predicted octanol–water partition coefficient (Wildman–Crippen LogP) is 2.06. The summed E-state index contributed by atoms with van der Waals surface area (Å²) >= 11 is 4.96. The number of rotatable bonds is 10. The standard InChI is InChI=1S/C16H24N2O2S/c1-18(7-9-19-12-13-5-6-13)8-10-20-15-4-2-3-14(11-15)16(17)21/h2-4,11,13H,5-10,12H2,1H3,(H2,17,21). The van der Waals surface area contributed by atoms with Gasteiger partial charge in [-0.2, -0.15) is 0 Å². The highest BCUT2D eigenvalue weighted by Crippen LogP contribution is 2.28. The van der Waals surface area contributed by atoms with Gasteiger partial charge in [0.2, 0.25) is 0 Å². The molecule has 0 heterocycles. The van der Waals surface area contributed by atoms with E-state index in [9.17, 15) is 0 Å². The third-order valence-corrected chi connectivity index (χ3v) is 3.76. The van der Waals surface area contributed by atoms with Gasteiger partial charge in [-0.3, -0.25) is 0 Å². The van der Waals surface area contributed by atoms with E-state index in [1.165, 1.54) is 12.8 Å². The van der Waals surface area contributed by atoms with Crippen LogP contribution in [0.1, 0.15) is 18.4 Å². The summed E-state index contributed by atoms with van der Waals surface area (Å²) in [7, 11) is 2.08. The van der Waals surface area contributed by atoms with Gasteiger partial charge < -0.3 is 20.1 Å². The first-order valence-corrected chi connectivity index (χ1v) is 7.85. The second-order valence-corrected chi connectivity index (χ2v) is 6.00. The molecule has 2 rings (SSSR count). The third kappa shape index (κ3) is 6.42. The minimum Gasteiger partial charge on any atom is -0.492 e. The molecule has 5 heteroatoms. The summed E-state index contributed by atoms with van der Waals surface area (Å²) < 4.78 is 11.3. The van der Waals surface area contributed by atoms with Gasteiger partial charge in [0.05, 0.1) is 6.61 Å². The van der Waals surface area contributed by atoms with E-state index in [-0.39, 0.29) is 0 Å². The van der Waals surface area contributed by atoms with Crippen molar-refractivity contribution in [2.24, 2.45) is 11.7 Å². The van der Waals surface area contributed by atoms with E-state index in [0.29, 0.717) is 11.6 Å². The number of ether oxygens (including phenoxy) is 2. The van der Waals surface area contributed by atoms with Crippen LogP contribution in [0.15, 0.2) is 24.3 Å². The maximum absolute atomic E-state index is 5.72. The van der Waals surface area contributed by atoms with Crippen molar-refractivity contribution in [1.29, 1.82) is 0 Å². The molecule has 0 unspecified atom stereocenters. The molecule has 1 aliphatic carbocycles. The zero-order valence-corrected chi connectivity index (χ0v) is 13.4. The average molecular weight is 308 g/mol. The smallest absolute Gasteiger partial charge is 0.120 e. The molecular weight excluding hydrogens is 284 g/mol. The lowest BCUT2D eigenvalue weighted by Gasteiger charge is -2.17. The van der Waals surface area contributed by atoms with Crippen LogP contribution in [-0.2, 0) is 4.74 Å².